The summed E-state index contributed by atoms with van der Waals surface area (Å²) in [6.07, 6.45) is 1.01. The molecule has 0 bridgehead atoms. The van der Waals surface area contributed by atoms with Gasteiger partial charge in [-0.05, 0) is 34.7 Å². The van der Waals surface area contributed by atoms with Crippen molar-refractivity contribution in [3.63, 3.8) is 0 Å². The number of rotatable bonds is 4. The monoisotopic (exact) mass is 386 g/mol. The van der Waals surface area contributed by atoms with Crippen molar-refractivity contribution >= 4 is 34.2 Å². The summed E-state index contributed by atoms with van der Waals surface area (Å²) in [6, 6.07) is 7.84. The van der Waals surface area contributed by atoms with Gasteiger partial charge in [0.1, 0.15) is 5.75 Å². The van der Waals surface area contributed by atoms with Crippen molar-refractivity contribution in [2.75, 3.05) is 0 Å². The minimum absolute atomic E-state index is 0.246. The third kappa shape index (κ3) is 3.02. The first-order chi connectivity index (χ1) is 9.49. The second kappa shape index (κ2) is 5.82. The molecule has 7 nitrogen and oxygen atoms in total. The van der Waals surface area contributed by atoms with Gasteiger partial charge in [0.25, 0.3) is 5.88 Å². The van der Waals surface area contributed by atoms with Gasteiger partial charge in [-0.25, -0.2) is 9.78 Å². The van der Waals surface area contributed by atoms with Crippen molar-refractivity contribution < 1.29 is 19.6 Å². The number of hydrogen-bond donors (Lipinski definition) is 1. The molecular formula is C12H7IN2O5. The van der Waals surface area contributed by atoms with Crippen molar-refractivity contribution in [2.45, 2.75) is 0 Å². The predicted octanol–water partition coefficient (Wildman–Crippen LogP) is 3.08. The topological polar surface area (TPSA) is 103 Å². The van der Waals surface area contributed by atoms with Crippen molar-refractivity contribution in [2.24, 2.45) is 0 Å². The standard InChI is InChI=1S/C12H7IN2O5/c13-8-3-1-2-4-10(8)20-11-9(15(18)19)5-7(6-14-11)12(16)17/h1-6H,(H,16,17). The highest BCUT2D eigenvalue weighted by atomic mass is 127. The van der Waals surface area contributed by atoms with Crippen LogP contribution in [0.15, 0.2) is 36.5 Å². The largest absolute Gasteiger partial charge is 0.478 e. The number of hydrogen-bond acceptors (Lipinski definition) is 5. The van der Waals surface area contributed by atoms with Crippen LogP contribution in [0.3, 0.4) is 0 Å². The van der Waals surface area contributed by atoms with Gasteiger partial charge in [0, 0.05) is 12.3 Å². The second-order valence-corrected chi connectivity index (χ2v) is 4.81. The number of benzene rings is 1. The molecule has 1 N–H and O–H groups in total. The van der Waals surface area contributed by atoms with Gasteiger partial charge in [-0.3, -0.25) is 10.1 Å². The molecule has 0 radical (unpaired) electrons. The Morgan fingerprint density at radius 3 is 2.70 bits per heavy atom. The molecule has 1 aromatic heterocycles. The molecule has 0 amide bonds. The minimum Gasteiger partial charge on any atom is -0.478 e. The quantitative estimate of drug-likeness (QED) is 0.492. The smallest absolute Gasteiger partial charge is 0.337 e. The van der Waals surface area contributed by atoms with Gasteiger partial charge in [-0.15, -0.1) is 0 Å². The Hall–Kier alpha value is -2.23. The summed E-state index contributed by atoms with van der Waals surface area (Å²) in [5, 5.41) is 19.8. The second-order valence-electron chi connectivity index (χ2n) is 3.64. The highest BCUT2D eigenvalue weighted by Gasteiger charge is 2.21. The van der Waals surface area contributed by atoms with Gasteiger partial charge in [0.2, 0.25) is 0 Å². The molecule has 0 saturated heterocycles. The lowest BCUT2D eigenvalue weighted by molar-refractivity contribution is -0.386. The molecule has 0 atom stereocenters. The molecule has 0 aliphatic heterocycles. The molecule has 1 aromatic carbocycles. The maximum atomic E-state index is 11.0. The van der Waals surface area contributed by atoms with Crippen LogP contribution in [0.25, 0.3) is 0 Å². The lowest BCUT2D eigenvalue weighted by Crippen LogP contribution is -2.02. The molecule has 1 heterocycles. The summed E-state index contributed by atoms with van der Waals surface area (Å²) in [6.45, 7) is 0. The van der Waals surface area contributed by atoms with Gasteiger partial charge in [-0.2, -0.15) is 0 Å². The van der Waals surface area contributed by atoms with Gasteiger partial charge >= 0.3 is 11.7 Å². The summed E-state index contributed by atoms with van der Waals surface area (Å²) < 4.78 is 6.14. The van der Waals surface area contributed by atoms with E-state index in [1.807, 2.05) is 22.6 Å². The first kappa shape index (κ1) is 14.2. The lowest BCUT2D eigenvalue weighted by atomic mass is 10.2. The molecule has 0 aliphatic carbocycles. The van der Waals surface area contributed by atoms with Crippen LogP contribution in [-0.4, -0.2) is 21.0 Å². The molecule has 0 aliphatic rings. The number of aromatic carboxylic acids is 1. The van der Waals surface area contributed by atoms with Crippen LogP contribution in [0.1, 0.15) is 10.4 Å². The van der Waals surface area contributed by atoms with Crippen LogP contribution in [0.2, 0.25) is 0 Å². The number of ether oxygens (including phenoxy) is 1. The van der Waals surface area contributed by atoms with Crippen LogP contribution in [0.4, 0.5) is 5.69 Å². The molecule has 2 rings (SSSR count). The van der Waals surface area contributed by atoms with Crippen LogP contribution in [-0.2, 0) is 0 Å². The molecule has 20 heavy (non-hydrogen) atoms. The first-order valence-electron chi connectivity index (χ1n) is 5.29. The number of carboxylic acid groups (broad SMARTS) is 1. The number of aromatic nitrogens is 1. The summed E-state index contributed by atoms with van der Waals surface area (Å²) in [5.41, 5.74) is -0.767. The summed E-state index contributed by atoms with van der Waals surface area (Å²) in [4.78, 5) is 24.7. The van der Waals surface area contributed by atoms with E-state index in [-0.39, 0.29) is 11.4 Å². The molecule has 102 valence electrons. The van der Waals surface area contributed by atoms with Crippen molar-refractivity contribution in [3.05, 3.63) is 55.8 Å². The Balaban J connectivity index is 2.44. The van der Waals surface area contributed by atoms with Gasteiger partial charge in [0.05, 0.1) is 14.1 Å². The van der Waals surface area contributed by atoms with E-state index in [4.69, 9.17) is 9.84 Å². The van der Waals surface area contributed by atoms with Gasteiger partial charge in [-0.1, -0.05) is 12.1 Å². The highest BCUT2D eigenvalue weighted by Crippen LogP contribution is 2.31. The zero-order valence-electron chi connectivity index (χ0n) is 9.82. The van der Waals surface area contributed by atoms with E-state index < -0.39 is 16.6 Å². The van der Waals surface area contributed by atoms with Crippen LogP contribution in [0, 0.1) is 13.7 Å². The molecular weight excluding hydrogens is 379 g/mol. The van der Waals surface area contributed by atoms with Crippen molar-refractivity contribution in [1.29, 1.82) is 0 Å². The van der Waals surface area contributed by atoms with Gasteiger partial charge in [0.15, 0.2) is 0 Å². The van der Waals surface area contributed by atoms with Crippen molar-refractivity contribution in [1.82, 2.24) is 4.98 Å². The molecule has 0 saturated carbocycles. The average molecular weight is 386 g/mol. The SMILES string of the molecule is O=C(O)c1cnc(Oc2ccccc2I)c([N+](=O)[O-])c1. The number of nitro groups is 1. The maximum absolute atomic E-state index is 11.0. The van der Waals surface area contributed by atoms with Gasteiger partial charge < -0.3 is 9.84 Å². The van der Waals surface area contributed by atoms with E-state index in [9.17, 15) is 14.9 Å². The Morgan fingerprint density at radius 2 is 2.10 bits per heavy atom. The van der Waals surface area contributed by atoms with E-state index in [0.29, 0.717) is 5.75 Å². The van der Waals surface area contributed by atoms with E-state index in [1.54, 1.807) is 24.3 Å². The van der Waals surface area contributed by atoms with E-state index in [1.165, 1.54) is 0 Å². The number of carbonyl (C=O) groups is 1. The fourth-order valence-corrected chi connectivity index (χ4v) is 1.90. The molecule has 8 heteroatoms. The molecule has 0 fully saturated rings. The lowest BCUT2D eigenvalue weighted by Gasteiger charge is -2.07. The Labute approximate surface area is 126 Å². The summed E-state index contributed by atoms with van der Waals surface area (Å²) in [7, 11) is 0. The number of pyridine rings is 1. The number of para-hydroxylation sites is 1. The zero-order chi connectivity index (χ0) is 14.7. The average Bonchev–Trinajstić information content (AvgIpc) is 2.41. The Bertz CT molecular complexity index is 689. The molecule has 2 aromatic rings. The van der Waals surface area contributed by atoms with E-state index in [2.05, 4.69) is 4.98 Å². The van der Waals surface area contributed by atoms with E-state index >= 15 is 0 Å². The summed E-state index contributed by atoms with van der Waals surface area (Å²) in [5.74, 6) is -1.13. The first-order valence-corrected chi connectivity index (χ1v) is 6.37. The van der Waals surface area contributed by atoms with Crippen LogP contribution in [0.5, 0.6) is 11.6 Å². The zero-order valence-corrected chi connectivity index (χ0v) is 12.0. The fourth-order valence-electron chi connectivity index (χ4n) is 1.40. The predicted molar refractivity (Wildman–Crippen MR) is 77.1 cm³/mol. The third-order valence-electron chi connectivity index (χ3n) is 2.32. The number of carboxylic acids is 1. The number of halogens is 1. The van der Waals surface area contributed by atoms with Crippen molar-refractivity contribution in [3.8, 4) is 11.6 Å². The molecule has 0 unspecified atom stereocenters. The minimum atomic E-state index is -1.29. The maximum Gasteiger partial charge on any atom is 0.337 e. The van der Waals surface area contributed by atoms with E-state index in [0.717, 1.165) is 15.8 Å². The summed E-state index contributed by atoms with van der Waals surface area (Å²) >= 11 is 2.02. The number of nitrogens with zero attached hydrogens (tertiary/aromatic N) is 2. The third-order valence-corrected chi connectivity index (χ3v) is 3.21. The normalized spacial score (nSPS) is 10.1. The van der Waals surface area contributed by atoms with Crippen LogP contribution < -0.4 is 4.74 Å². The molecule has 0 spiro atoms. The highest BCUT2D eigenvalue weighted by molar-refractivity contribution is 14.1. The Kier molecular flexibility index (Phi) is 4.13. The van der Waals surface area contributed by atoms with Crippen LogP contribution >= 0.6 is 22.6 Å². The fraction of sp³-hybridized carbons (Fsp3) is 0. The Morgan fingerprint density at radius 1 is 1.40 bits per heavy atom.